The van der Waals surface area contributed by atoms with E-state index in [2.05, 4.69) is 16.0 Å². The van der Waals surface area contributed by atoms with Gasteiger partial charge in [-0.3, -0.25) is 19.2 Å². The minimum Gasteiger partial charge on any atom is -0.481 e. The lowest BCUT2D eigenvalue weighted by atomic mass is 9.85. The number of halogens is 1. The number of likely N-dealkylation sites (tertiary alicyclic amines) is 1. The summed E-state index contributed by atoms with van der Waals surface area (Å²) in [4.78, 5) is 65.6. The molecule has 1 heterocycles. The van der Waals surface area contributed by atoms with Crippen molar-refractivity contribution in [2.75, 3.05) is 12.8 Å². The first-order valence-electron chi connectivity index (χ1n) is 14.0. The molecule has 1 aliphatic heterocycles. The van der Waals surface area contributed by atoms with E-state index in [4.69, 9.17) is 21.6 Å². The topological polar surface area (TPSA) is 212 Å². The molecule has 1 aliphatic rings. The van der Waals surface area contributed by atoms with Crippen LogP contribution in [0.1, 0.15) is 52.0 Å². The first-order valence-corrected chi connectivity index (χ1v) is 16.3. The second kappa shape index (κ2) is 16.2. The van der Waals surface area contributed by atoms with E-state index in [9.17, 15) is 37.5 Å². The summed E-state index contributed by atoms with van der Waals surface area (Å²) in [7, 11) is -3.78. The van der Waals surface area contributed by atoms with Gasteiger partial charge in [-0.25, -0.2) is 13.2 Å². The quantitative estimate of drug-likeness (QED) is 0.239. The molecular formula is C29H38ClN5O9S. The number of nitrogens with one attached hydrogen (secondary N) is 3. The van der Waals surface area contributed by atoms with Gasteiger partial charge in [0.25, 0.3) is 0 Å². The van der Waals surface area contributed by atoms with E-state index in [1.165, 1.54) is 4.90 Å². The van der Waals surface area contributed by atoms with Gasteiger partial charge < -0.3 is 30.7 Å². The maximum Gasteiger partial charge on any atom is 0.408 e. The molecule has 4 N–H and O–H groups in total. The molecule has 1 aromatic rings. The average Bonchev–Trinajstić information content (AvgIpc) is 3.44. The van der Waals surface area contributed by atoms with Crippen molar-refractivity contribution in [3.63, 3.8) is 0 Å². The number of aliphatic carboxylic acids is 1. The molecule has 1 saturated heterocycles. The zero-order chi connectivity index (χ0) is 33.9. The molecule has 14 nitrogen and oxygen atoms in total. The summed E-state index contributed by atoms with van der Waals surface area (Å²) in [6.45, 7) is 5.02. The third kappa shape index (κ3) is 11.7. The first kappa shape index (κ1) is 37.0. The van der Waals surface area contributed by atoms with Crippen molar-refractivity contribution in [1.29, 1.82) is 5.26 Å². The van der Waals surface area contributed by atoms with Gasteiger partial charge in [0.1, 0.15) is 29.1 Å². The number of carbonyl (C=O) groups excluding carboxylic acids is 4. The molecule has 0 aromatic heterocycles. The van der Waals surface area contributed by atoms with E-state index in [0.717, 1.165) is 12.3 Å². The SMILES string of the molecule is CC(C)(C)[C@H](NC(=O)[C@H](CC(=O)O)NC(=O)OCc1ccccc1)C(=O)N1CCC[C@@H]1C(=O)N[C@H](/C=C(\Cl)S(C)(=O)=O)CC#N. The third-order valence-corrected chi connectivity index (χ3v) is 8.57. The second-order valence-electron chi connectivity index (χ2n) is 11.6. The molecule has 1 fully saturated rings. The fraction of sp³-hybridized carbons (Fsp3) is 0.517. The van der Waals surface area contributed by atoms with E-state index in [1.54, 1.807) is 51.1 Å². The normalized spacial score (nSPS) is 17.3. The number of hydrogen-bond acceptors (Lipinski definition) is 9. The predicted octanol–water partition coefficient (Wildman–Crippen LogP) is 1.80. The number of rotatable bonds is 13. The summed E-state index contributed by atoms with van der Waals surface area (Å²) in [6.07, 6.45) is 0.486. The van der Waals surface area contributed by atoms with Crippen molar-refractivity contribution in [2.24, 2.45) is 5.41 Å². The van der Waals surface area contributed by atoms with E-state index in [-0.39, 0.29) is 26.0 Å². The number of amides is 4. The molecule has 45 heavy (non-hydrogen) atoms. The van der Waals surface area contributed by atoms with Crippen LogP contribution in [0, 0.1) is 16.7 Å². The van der Waals surface area contributed by atoms with Crippen LogP contribution in [-0.2, 0) is 40.4 Å². The molecule has 0 radical (unpaired) electrons. The Morgan fingerprint density at radius 3 is 2.36 bits per heavy atom. The van der Waals surface area contributed by atoms with Crippen LogP contribution in [0.3, 0.4) is 0 Å². The molecule has 0 saturated carbocycles. The summed E-state index contributed by atoms with van der Waals surface area (Å²) in [6, 6.07) is 5.65. The van der Waals surface area contributed by atoms with Crippen molar-refractivity contribution in [3.05, 3.63) is 46.3 Å². The van der Waals surface area contributed by atoms with Crippen molar-refractivity contribution >= 4 is 51.2 Å². The Kier molecular flexibility index (Phi) is 13.4. The van der Waals surface area contributed by atoms with Gasteiger partial charge in [0.2, 0.25) is 17.7 Å². The van der Waals surface area contributed by atoms with Crippen LogP contribution in [0.25, 0.3) is 0 Å². The molecule has 246 valence electrons. The highest BCUT2D eigenvalue weighted by atomic mass is 35.5. The summed E-state index contributed by atoms with van der Waals surface area (Å²) in [5.74, 6) is -3.61. The van der Waals surface area contributed by atoms with E-state index in [0.29, 0.717) is 12.0 Å². The van der Waals surface area contributed by atoms with Gasteiger partial charge in [-0.15, -0.1) is 0 Å². The summed E-state index contributed by atoms with van der Waals surface area (Å²) in [5, 5.41) is 25.9. The summed E-state index contributed by atoms with van der Waals surface area (Å²) >= 11 is 5.82. The number of ether oxygens (including phenoxy) is 1. The predicted molar refractivity (Wildman–Crippen MR) is 163 cm³/mol. The van der Waals surface area contributed by atoms with E-state index >= 15 is 0 Å². The number of carboxylic acid groups (broad SMARTS) is 1. The molecule has 0 aliphatic carbocycles. The summed E-state index contributed by atoms with van der Waals surface area (Å²) in [5.41, 5.74) is -0.254. The fourth-order valence-corrected chi connectivity index (χ4v) is 5.03. The third-order valence-electron chi connectivity index (χ3n) is 6.76. The van der Waals surface area contributed by atoms with Crippen LogP contribution in [0.4, 0.5) is 4.79 Å². The second-order valence-corrected chi connectivity index (χ2v) is 14.2. The van der Waals surface area contributed by atoms with Gasteiger partial charge in [0, 0.05) is 12.8 Å². The molecule has 1 aromatic carbocycles. The highest BCUT2D eigenvalue weighted by Gasteiger charge is 2.43. The summed E-state index contributed by atoms with van der Waals surface area (Å²) < 4.78 is 28.0. The molecule has 16 heteroatoms. The number of nitrogens with zero attached hydrogens (tertiary/aromatic N) is 2. The van der Waals surface area contributed by atoms with Crippen molar-refractivity contribution < 1.29 is 42.2 Å². The molecular weight excluding hydrogens is 630 g/mol. The Morgan fingerprint density at radius 1 is 1.16 bits per heavy atom. The average molecular weight is 668 g/mol. The molecule has 0 spiro atoms. The number of hydrogen-bond donors (Lipinski definition) is 4. The van der Waals surface area contributed by atoms with Crippen LogP contribution in [0.5, 0.6) is 0 Å². The van der Waals surface area contributed by atoms with Crippen LogP contribution in [-0.4, -0.2) is 85.2 Å². The lowest BCUT2D eigenvalue weighted by Gasteiger charge is -2.36. The van der Waals surface area contributed by atoms with Crippen LogP contribution < -0.4 is 16.0 Å². The lowest BCUT2D eigenvalue weighted by Crippen LogP contribution is -2.60. The van der Waals surface area contributed by atoms with Gasteiger partial charge in [-0.1, -0.05) is 62.7 Å². The number of carbonyl (C=O) groups is 5. The minimum absolute atomic E-state index is 0.124. The number of carboxylic acids is 1. The van der Waals surface area contributed by atoms with Crippen LogP contribution in [0.15, 0.2) is 40.8 Å². The number of benzene rings is 1. The van der Waals surface area contributed by atoms with Gasteiger partial charge in [-0.2, -0.15) is 5.26 Å². The van der Waals surface area contributed by atoms with Crippen LogP contribution in [0.2, 0.25) is 0 Å². The maximum atomic E-state index is 13.8. The highest BCUT2D eigenvalue weighted by Crippen LogP contribution is 2.26. The first-order chi connectivity index (χ1) is 20.9. The van der Waals surface area contributed by atoms with Gasteiger partial charge in [0.15, 0.2) is 9.84 Å². The minimum atomic E-state index is -3.78. The number of sulfone groups is 1. The van der Waals surface area contributed by atoms with Crippen molar-refractivity contribution in [2.45, 2.75) is 77.2 Å². The molecule has 4 atom stereocenters. The Bertz CT molecular complexity index is 1440. The zero-order valence-corrected chi connectivity index (χ0v) is 27.0. The molecule has 4 amide bonds. The van der Waals surface area contributed by atoms with Gasteiger partial charge in [0.05, 0.1) is 25.0 Å². The Morgan fingerprint density at radius 2 is 1.80 bits per heavy atom. The standard InChI is InChI=1S/C29H38ClN5O9S/c1-29(2,3)24(34-25(38)20(16-23(36)37)33-28(41)44-17-18-9-6-5-7-10-18)27(40)35-14-8-11-21(35)26(39)32-19(12-13-31)15-22(30)45(4,42)43/h5-7,9-10,15,19-21,24H,8,11-12,14,16-17H2,1-4H3,(H,32,39)(H,33,41)(H,34,38)(H,36,37)/b22-15+/t19-,20-,21+,24+/m0/s1. The Hall–Kier alpha value is -4.16. The monoisotopic (exact) mass is 667 g/mol. The number of alkyl carbamates (subject to hydrolysis) is 1. The van der Waals surface area contributed by atoms with Crippen molar-refractivity contribution in [1.82, 2.24) is 20.9 Å². The largest absolute Gasteiger partial charge is 0.481 e. The maximum absolute atomic E-state index is 13.8. The molecule has 0 unspecified atom stereocenters. The smallest absolute Gasteiger partial charge is 0.408 e. The molecule has 0 bridgehead atoms. The Balaban J connectivity index is 2.21. The Labute approximate surface area is 267 Å². The lowest BCUT2D eigenvalue weighted by molar-refractivity contribution is -0.145. The van der Waals surface area contributed by atoms with E-state index < -0.39 is 80.0 Å². The van der Waals surface area contributed by atoms with Crippen molar-refractivity contribution in [3.8, 4) is 6.07 Å². The van der Waals surface area contributed by atoms with Gasteiger partial charge >= 0.3 is 12.1 Å². The highest BCUT2D eigenvalue weighted by molar-refractivity contribution is 7.96. The molecule has 2 rings (SSSR count). The van der Waals surface area contributed by atoms with E-state index in [1.807, 2.05) is 6.07 Å². The zero-order valence-electron chi connectivity index (χ0n) is 25.4. The van der Waals surface area contributed by atoms with Crippen LogP contribution >= 0.6 is 11.6 Å². The number of nitriles is 1. The van der Waals surface area contributed by atoms with Gasteiger partial charge in [-0.05, 0) is 29.9 Å². The fourth-order valence-electron chi connectivity index (χ4n) is 4.46.